The lowest BCUT2D eigenvalue weighted by Gasteiger charge is -2.12. The van der Waals surface area contributed by atoms with Gasteiger partial charge in [-0.1, -0.05) is 15.9 Å². The monoisotopic (exact) mass is 299 g/mol. The summed E-state index contributed by atoms with van der Waals surface area (Å²) < 4.78 is 0.938. The first-order valence-corrected chi connectivity index (χ1v) is 5.98. The summed E-state index contributed by atoms with van der Waals surface area (Å²) in [5.74, 6) is -1.18. The van der Waals surface area contributed by atoms with Crippen molar-refractivity contribution in [2.75, 3.05) is 0 Å². The van der Waals surface area contributed by atoms with E-state index in [0.717, 1.165) is 10.0 Å². The van der Waals surface area contributed by atoms with Crippen LogP contribution in [-0.4, -0.2) is 23.0 Å². The Labute approximate surface area is 108 Å². The van der Waals surface area contributed by atoms with Crippen molar-refractivity contribution in [2.45, 2.75) is 26.3 Å². The van der Waals surface area contributed by atoms with Gasteiger partial charge < -0.3 is 10.4 Å². The molecule has 0 saturated carbocycles. The van der Waals surface area contributed by atoms with Gasteiger partial charge in [-0.15, -0.1) is 0 Å². The fraction of sp³-hybridized carbons (Fsp3) is 0.333. The van der Waals surface area contributed by atoms with Gasteiger partial charge in [-0.25, -0.2) is 0 Å². The van der Waals surface area contributed by atoms with Crippen molar-refractivity contribution in [3.05, 3.63) is 33.8 Å². The Morgan fingerprint density at radius 1 is 1.47 bits per heavy atom. The summed E-state index contributed by atoms with van der Waals surface area (Å²) in [6.07, 6.45) is -0.0821. The van der Waals surface area contributed by atoms with Crippen LogP contribution in [-0.2, 0) is 4.79 Å². The van der Waals surface area contributed by atoms with Crippen LogP contribution < -0.4 is 5.32 Å². The number of hydrogen-bond donors (Lipinski definition) is 2. The molecular formula is C12H14BrNO3. The van der Waals surface area contributed by atoms with E-state index in [1.807, 2.05) is 6.92 Å². The minimum absolute atomic E-state index is 0.0821. The largest absolute Gasteiger partial charge is 0.481 e. The normalized spacial score (nSPS) is 11.9. The summed E-state index contributed by atoms with van der Waals surface area (Å²) in [5.41, 5.74) is 1.49. The Hall–Kier alpha value is -1.36. The third-order valence-electron chi connectivity index (χ3n) is 2.28. The van der Waals surface area contributed by atoms with Gasteiger partial charge in [0, 0.05) is 16.1 Å². The fourth-order valence-electron chi connectivity index (χ4n) is 1.41. The molecule has 1 atom stereocenters. The molecule has 0 fully saturated rings. The molecule has 17 heavy (non-hydrogen) atoms. The first-order chi connectivity index (χ1) is 7.90. The van der Waals surface area contributed by atoms with E-state index in [1.165, 1.54) is 0 Å². The van der Waals surface area contributed by atoms with Crippen molar-refractivity contribution in [2.24, 2.45) is 0 Å². The molecule has 0 aromatic heterocycles. The van der Waals surface area contributed by atoms with Gasteiger partial charge in [0.25, 0.3) is 5.91 Å². The number of benzene rings is 1. The van der Waals surface area contributed by atoms with Crippen molar-refractivity contribution in [3.63, 3.8) is 0 Å². The predicted molar refractivity (Wildman–Crippen MR) is 68.1 cm³/mol. The highest BCUT2D eigenvalue weighted by Gasteiger charge is 2.12. The van der Waals surface area contributed by atoms with Crippen LogP contribution in [0.15, 0.2) is 22.7 Å². The van der Waals surface area contributed by atoms with E-state index in [0.29, 0.717) is 5.56 Å². The number of hydrogen-bond acceptors (Lipinski definition) is 2. The third kappa shape index (κ3) is 4.19. The van der Waals surface area contributed by atoms with Crippen molar-refractivity contribution in [1.82, 2.24) is 5.32 Å². The van der Waals surface area contributed by atoms with Crippen molar-refractivity contribution < 1.29 is 14.7 Å². The average Bonchev–Trinajstić information content (AvgIpc) is 2.20. The maximum Gasteiger partial charge on any atom is 0.305 e. The molecule has 1 aromatic carbocycles. The number of aliphatic carboxylic acids is 1. The van der Waals surface area contributed by atoms with E-state index in [-0.39, 0.29) is 18.4 Å². The highest BCUT2D eigenvalue weighted by molar-refractivity contribution is 9.10. The van der Waals surface area contributed by atoms with Crippen LogP contribution in [0.4, 0.5) is 0 Å². The predicted octanol–water partition coefficient (Wildman–Crippen LogP) is 2.35. The van der Waals surface area contributed by atoms with Gasteiger partial charge in [-0.3, -0.25) is 9.59 Å². The summed E-state index contributed by atoms with van der Waals surface area (Å²) in [6.45, 7) is 3.55. The molecule has 0 bridgehead atoms. The van der Waals surface area contributed by atoms with Crippen molar-refractivity contribution in [1.29, 1.82) is 0 Å². The molecule has 0 aliphatic heterocycles. The molecule has 0 aliphatic rings. The lowest BCUT2D eigenvalue weighted by atomic mass is 10.1. The van der Waals surface area contributed by atoms with Crippen LogP contribution in [0.25, 0.3) is 0 Å². The standard InChI is InChI=1S/C12H14BrNO3/c1-7-5-9(3-4-10(7)13)12(17)14-8(2)6-11(15)16/h3-5,8H,6H2,1-2H3,(H,14,17)(H,15,16). The molecule has 4 nitrogen and oxygen atoms in total. The lowest BCUT2D eigenvalue weighted by Crippen LogP contribution is -2.34. The number of carbonyl (C=O) groups is 2. The topological polar surface area (TPSA) is 66.4 Å². The van der Waals surface area contributed by atoms with Crippen LogP contribution in [0.3, 0.4) is 0 Å². The van der Waals surface area contributed by atoms with Crippen LogP contribution in [0.1, 0.15) is 29.3 Å². The maximum absolute atomic E-state index is 11.8. The quantitative estimate of drug-likeness (QED) is 0.897. The maximum atomic E-state index is 11.8. The summed E-state index contributed by atoms with van der Waals surface area (Å²) in [6, 6.07) is 4.86. The van der Waals surface area contributed by atoms with Gasteiger partial charge in [0.2, 0.25) is 0 Å². The van der Waals surface area contributed by atoms with Crippen LogP contribution >= 0.6 is 15.9 Å². The van der Waals surface area contributed by atoms with Crippen LogP contribution in [0.5, 0.6) is 0 Å². The third-order valence-corrected chi connectivity index (χ3v) is 3.17. The number of halogens is 1. The number of amides is 1. The first kappa shape index (κ1) is 13.7. The molecular weight excluding hydrogens is 286 g/mol. The summed E-state index contributed by atoms with van der Waals surface area (Å²) in [5, 5.41) is 11.2. The zero-order chi connectivity index (χ0) is 13.0. The molecule has 1 aromatic rings. The molecule has 1 unspecified atom stereocenters. The minimum Gasteiger partial charge on any atom is -0.481 e. The van der Waals surface area contributed by atoms with Gasteiger partial charge in [-0.2, -0.15) is 0 Å². The van der Waals surface area contributed by atoms with Gasteiger partial charge in [0.15, 0.2) is 0 Å². The summed E-state index contributed by atoms with van der Waals surface area (Å²) >= 11 is 3.35. The molecule has 0 saturated heterocycles. The molecule has 1 rings (SSSR count). The second kappa shape index (κ2) is 5.82. The Morgan fingerprint density at radius 3 is 2.65 bits per heavy atom. The molecule has 5 heteroatoms. The number of carboxylic acids is 1. The van der Waals surface area contributed by atoms with Gasteiger partial charge in [0.05, 0.1) is 6.42 Å². The Bertz CT molecular complexity index is 445. The number of nitrogens with one attached hydrogen (secondary N) is 1. The number of carboxylic acid groups (broad SMARTS) is 1. The van der Waals surface area contributed by atoms with E-state index >= 15 is 0 Å². The van der Waals surface area contributed by atoms with E-state index < -0.39 is 5.97 Å². The second-order valence-corrected chi connectivity index (χ2v) is 4.79. The highest BCUT2D eigenvalue weighted by atomic mass is 79.9. The highest BCUT2D eigenvalue weighted by Crippen LogP contribution is 2.17. The minimum atomic E-state index is -0.926. The summed E-state index contributed by atoms with van der Waals surface area (Å²) in [7, 11) is 0. The Morgan fingerprint density at radius 2 is 2.12 bits per heavy atom. The average molecular weight is 300 g/mol. The zero-order valence-electron chi connectivity index (χ0n) is 9.66. The van der Waals surface area contributed by atoms with E-state index in [9.17, 15) is 9.59 Å². The van der Waals surface area contributed by atoms with E-state index in [1.54, 1.807) is 25.1 Å². The molecule has 0 radical (unpaired) electrons. The Kier molecular flexibility index (Phi) is 4.69. The molecule has 0 heterocycles. The molecule has 0 spiro atoms. The molecule has 1 amide bonds. The van der Waals surface area contributed by atoms with Crippen LogP contribution in [0, 0.1) is 6.92 Å². The van der Waals surface area contributed by atoms with Gasteiger partial charge in [0.1, 0.15) is 0 Å². The molecule has 0 aliphatic carbocycles. The molecule has 92 valence electrons. The fourth-order valence-corrected chi connectivity index (χ4v) is 1.65. The van der Waals surface area contributed by atoms with Crippen LogP contribution in [0.2, 0.25) is 0 Å². The SMILES string of the molecule is Cc1cc(C(=O)NC(C)CC(=O)O)ccc1Br. The lowest BCUT2D eigenvalue weighted by molar-refractivity contribution is -0.137. The van der Waals surface area contributed by atoms with Crippen molar-refractivity contribution in [3.8, 4) is 0 Å². The van der Waals surface area contributed by atoms with Crippen molar-refractivity contribution >= 4 is 27.8 Å². The van der Waals surface area contributed by atoms with Gasteiger partial charge >= 0.3 is 5.97 Å². The number of carbonyl (C=O) groups excluding carboxylic acids is 1. The number of rotatable bonds is 4. The Balaban J connectivity index is 2.70. The smallest absolute Gasteiger partial charge is 0.305 e. The van der Waals surface area contributed by atoms with E-state index in [4.69, 9.17) is 5.11 Å². The second-order valence-electron chi connectivity index (χ2n) is 3.94. The van der Waals surface area contributed by atoms with E-state index in [2.05, 4.69) is 21.2 Å². The van der Waals surface area contributed by atoms with Gasteiger partial charge in [-0.05, 0) is 37.6 Å². The zero-order valence-corrected chi connectivity index (χ0v) is 11.2. The molecule has 2 N–H and O–H groups in total. The number of aryl methyl sites for hydroxylation is 1. The summed E-state index contributed by atoms with van der Waals surface area (Å²) in [4.78, 5) is 22.2. The first-order valence-electron chi connectivity index (χ1n) is 5.19.